The number of rotatable bonds is 1. The second-order valence-electron chi connectivity index (χ2n) is 2.70. The Balaban J connectivity index is 2.83. The van der Waals surface area contributed by atoms with Gasteiger partial charge in [0.05, 0.1) is 0 Å². The lowest BCUT2D eigenvalue weighted by Crippen LogP contribution is -2.38. The first-order valence-electron chi connectivity index (χ1n) is 3.22. The number of hydrogen-bond acceptors (Lipinski definition) is 2. The first-order chi connectivity index (χ1) is 4.59. The molecule has 3 heteroatoms. The molecule has 2 unspecified atom stereocenters. The highest BCUT2D eigenvalue weighted by atomic mass is 16.3. The van der Waals surface area contributed by atoms with E-state index in [2.05, 4.69) is 11.9 Å². The van der Waals surface area contributed by atoms with Crippen LogP contribution in [0.3, 0.4) is 0 Å². The third-order valence-electron chi connectivity index (χ3n) is 1.95. The van der Waals surface area contributed by atoms with Gasteiger partial charge in [-0.25, -0.2) is 0 Å². The normalized spacial score (nSPS) is 39.4. The summed E-state index contributed by atoms with van der Waals surface area (Å²) >= 11 is 0. The molecule has 0 saturated carbocycles. The monoisotopic (exact) mass is 141 g/mol. The fourth-order valence-corrected chi connectivity index (χ4v) is 1.06. The van der Waals surface area contributed by atoms with E-state index in [1.807, 2.05) is 0 Å². The number of amides is 1. The van der Waals surface area contributed by atoms with Gasteiger partial charge in [0.25, 0.3) is 5.91 Å². The van der Waals surface area contributed by atoms with Gasteiger partial charge in [0.15, 0.2) is 0 Å². The van der Waals surface area contributed by atoms with Crippen LogP contribution in [-0.4, -0.2) is 23.2 Å². The average molecular weight is 141 g/mol. The summed E-state index contributed by atoms with van der Waals surface area (Å²) in [5, 5.41) is 12.0. The highest BCUT2D eigenvalue weighted by molar-refractivity contribution is 5.87. The summed E-state index contributed by atoms with van der Waals surface area (Å²) in [6, 6.07) is 0. The summed E-state index contributed by atoms with van der Waals surface area (Å²) in [4.78, 5) is 10.9. The maximum absolute atomic E-state index is 10.9. The standard InChI is InChI=1S/C7H11NO2/c1-3-5-4-8-6(9)7(5,2)10/h3,5,10H,1,4H2,2H3,(H,8,9). The van der Waals surface area contributed by atoms with Crippen LogP contribution in [0.15, 0.2) is 12.7 Å². The molecule has 1 rings (SSSR count). The number of hydrogen-bond donors (Lipinski definition) is 2. The molecule has 0 aromatic carbocycles. The Bertz CT molecular complexity index is 174. The first-order valence-corrected chi connectivity index (χ1v) is 3.22. The minimum Gasteiger partial charge on any atom is -0.380 e. The molecular weight excluding hydrogens is 130 g/mol. The highest BCUT2D eigenvalue weighted by Gasteiger charge is 2.42. The van der Waals surface area contributed by atoms with E-state index < -0.39 is 5.60 Å². The highest BCUT2D eigenvalue weighted by Crippen LogP contribution is 2.22. The van der Waals surface area contributed by atoms with Crippen molar-refractivity contribution in [3.05, 3.63) is 12.7 Å². The second-order valence-corrected chi connectivity index (χ2v) is 2.70. The van der Waals surface area contributed by atoms with Gasteiger partial charge in [-0.2, -0.15) is 0 Å². The third kappa shape index (κ3) is 0.827. The van der Waals surface area contributed by atoms with Gasteiger partial charge < -0.3 is 10.4 Å². The van der Waals surface area contributed by atoms with Crippen molar-refractivity contribution in [2.45, 2.75) is 12.5 Å². The molecule has 0 aromatic heterocycles. The second kappa shape index (κ2) is 2.09. The van der Waals surface area contributed by atoms with Crippen molar-refractivity contribution in [3.63, 3.8) is 0 Å². The summed E-state index contributed by atoms with van der Waals surface area (Å²) in [6.07, 6.45) is 1.60. The molecule has 2 N–H and O–H groups in total. The zero-order valence-corrected chi connectivity index (χ0v) is 5.92. The zero-order chi connectivity index (χ0) is 7.78. The molecule has 0 radical (unpaired) electrons. The van der Waals surface area contributed by atoms with Crippen LogP contribution in [0.1, 0.15) is 6.92 Å². The zero-order valence-electron chi connectivity index (χ0n) is 5.92. The van der Waals surface area contributed by atoms with Crippen LogP contribution in [0.4, 0.5) is 0 Å². The summed E-state index contributed by atoms with van der Waals surface area (Å²) in [7, 11) is 0. The topological polar surface area (TPSA) is 49.3 Å². The molecule has 1 aliphatic rings. The number of carbonyl (C=O) groups excluding carboxylic acids is 1. The molecule has 1 saturated heterocycles. The van der Waals surface area contributed by atoms with Crippen LogP contribution >= 0.6 is 0 Å². The van der Waals surface area contributed by atoms with E-state index >= 15 is 0 Å². The molecule has 0 aliphatic carbocycles. The lowest BCUT2D eigenvalue weighted by molar-refractivity contribution is -0.135. The van der Waals surface area contributed by atoms with Crippen molar-refractivity contribution in [1.82, 2.24) is 5.32 Å². The minimum absolute atomic E-state index is 0.153. The molecule has 2 atom stereocenters. The maximum atomic E-state index is 10.9. The molecule has 0 bridgehead atoms. The van der Waals surface area contributed by atoms with Crippen LogP contribution in [0.2, 0.25) is 0 Å². The molecule has 0 spiro atoms. The van der Waals surface area contributed by atoms with Crippen molar-refractivity contribution < 1.29 is 9.90 Å². The predicted octanol–water partition coefficient (Wildman–Crippen LogP) is -0.331. The number of nitrogens with one attached hydrogen (secondary N) is 1. The molecular formula is C7H11NO2. The van der Waals surface area contributed by atoms with E-state index in [1.165, 1.54) is 6.92 Å². The minimum atomic E-state index is -1.25. The SMILES string of the molecule is C=CC1CNC(=O)C1(C)O. The van der Waals surface area contributed by atoms with E-state index in [4.69, 9.17) is 0 Å². The third-order valence-corrected chi connectivity index (χ3v) is 1.95. The van der Waals surface area contributed by atoms with Crippen LogP contribution in [0.5, 0.6) is 0 Å². The quantitative estimate of drug-likeness (QED) is 0.491. The van der Waals surface area contributed by atoms with Gasteiger partial charge in [0.1, 0.15) is 5.60 Å². The van der Waals surface area contributed by atoms with E-state index in [1.54, 1.807) is 6.08 Å². The van der Waals surface area contributed by atoms with Gasteiger partial charge >= 0.3 is 0 Å². The smallest absolute Gasteiger partial charge is 0.252 e. The summed E-state index contributed by atoms with van der Waals surface area (Å²) in [6.45, 7) is 5.52. The van der Waals surface area contributed by atoms with Gasteiger partial charge in [-0.1, -0.05) is 6.08 Å². The van der Waals surface area contributed by atoms with Crippen LogP contribution < -0.4 is 5.32 Å². The van der Waals surface area contributed by atoms with Gasteiger partial charge in [-0.05, 0) is 6.92 Å². The Morgan fingerprint density at radius 2 is 2.60 bits per heavy atom. The summed E-state index contributed by atoms with van der Waals surface area (Å²) in [5.74, 6) is -0.461. The summed E-state index contributed by atoms with van der Waals surface area (Å²) < 4.78 is 0. The summed E-state index contributed by atoms with van der Waals surface area (Å²) in [5.41, 5.74) is -1.25. The molecule has 1 aliphatic heterocycles. The molecule has 56 valence electrons. The fraction of sp³-hybridized carbons (Fsp3) is 0.571. The van der Waals surface area contributed by atoms with E-state index in [0.717, 1.165) is 0 Å². The molecule has 0 aromatic rings. The van der Waals surface area contributed by atoms with Crippen molar-refractivity contribution in [3.8, 4) is 0 Å². The molecule has 1 amide bonds. The van der Waals surface area contributed by atoms with Crippen molar-refractivity contribution >= 4 is 5.91 Å². The predicted molar refractivity (Wildman–Crippen MR) is 37.3 cm³/mol. The molecule has 3 nitrogen and oxygen atoms in total. The number of aliphatic hydroxyl groups is 1. The number of carbonyl (C=O) groups is 1. The van der Waals surface area contributed by atoms with Crippen LogP contribution in [0, 0.1) is 5.92 Å². The Labute approximate surface area is 59.7 Å². The Morgan fingerprint density at radius 3 is 2.80 bits per heavy atom. The van der Waals surface area contributed by atoms with Crippen molar-refractivity contribution in [1.29, 1.82) is 0 Å². The Hall–Kier alpha value is -0.830. The van der Waals surface area contributed by atoms with Gasteiger partial charge in [-0.3, -0.25) is 4.79 Å². The van der Waals surface area contributed by atoms with E-state index in [-0.39, 0.29) is 11.8 Å². The Morgan fingerprint density at radius 1 is 2.00 bits per heavy atom. The molecule has 10 heavy (non-hydrogen) atoms. The lowest BCUT2D eigenvalue weighted by Gasteiger charge is -2.17. The van der Waals surface area contributed by atoms with E-state index in [9.17, 15) is 9.90 Å². The van der Waals surface area contributed by atoms with Crippen molar-refractivity contribution in [2.24, 2.45) is 5.92 Å². The Kier molecular flexibility index (Phi) is 1.52. The van der Waals surface area contributed by atoms with E-state index in [0.29, 0.717) is 6.54 Å². The first kappa shape index (κ1) is 7.28. The molecule has 1 heterocycles. The van der Waals surface area contributed by atoms with Gasteiger partial charge in [-0.15, -0.1) is 6.58 Å². The van der Waals surface area contributed by atoms with Crippen LogP contribution in [0.25, 0.3) is 0 Å². The van der Waals surface area contributed by atoms with Crippen LogP contribution in [-0.2, 0) is 4.79 Å². The average Bonchev–Trinajstić information content (AvgIpc) is 2.10. The van der Waals surface area contributed by atoms with Crippen molar-refractivity contribution in [2.75, 3.05) is 6.54 Å². The fourth-order valence-electron chi connectivity index (χ4n) is 1.06. The maximum Gasteiger partial charge on any atom is 0.252 e. The largest absolute Gasteiger partial charge is 0.380 e. The lowest BCUT2D eigenvalue weighted by atomic mass is 9.93. The van der Waals surface area contributed by atoms with Gasteiger partial charge in [0, 0.05) is 12.5 Å². The molecule has 1 fully saturated rings. The van der Waals surface area contributed by atoms with Gasteiger partial charge in [0.2, 0.25) is 0 Å².